The van der Waals surface area contributed by atoms with Crippen molar-refractivity contribution in [2.75, 3.05) is 6.54 Å². The third-order valence-electron chi connectivity index (χ3n) is 2.78. The molecule has 0 aliphatic rings. The van der Waals surface area contributed by atoms with Crippen LogP contribution in [0.15, 0.2) is 35.1 Å². The SMILES string of the molecule is CC(=O)c1c[nH]c(C(=O)NCC(=O)NCc2ccco2)c1. The molecule has 110 valence electrons. The van der Waals surface area contributed by atoms with Crippen molar-refractivity contribution in [1.29, 1.82) is 0 Å². The van der Waals surface area contributed by atoms with Crippen molar-refractivity contribution >= 4 is 17.6 Å². The first-order valence-corrected chi connectivity index (χ1v) is 6.33. The summed E-state index contributed by atoms with van der Waals surface area (Å²) in [6.07, 6.45) is 2.97. The monoisotopic (exact) mass is 289 g/mol. The molecule has 2 amide bonds. The normalized spacial score (nSPS) is 10.1. The number of carbonyl (C=O) groups excluding carboxylic acids is 3. The van der Waals surface area contributed by atoms with Crippen LogP contribution in [0, 0.1) is 0 Å². The first-order valence-electron chi connectivity index (χ1n) is 6.33. The molecule has 3 N–H and O–H groups in total. The van der Waals surface area contributed by atoms with Gasteiger partial charge in [-0.25, -0.2) is 0 Å². The molecule has 0 radical (unpaired) electrons. The summed E-state index contributed by atoms with van der Waals surface area (Å²) in [5.74, 6) is -0.291. The average molecular weight is 289 g/mol. The molecule has 0 fully saturated rings. The second-order valence-electron chi connectivity index (χ2n) is 4.40. The van der Waals surface area contributed by atoms with Crippen molar-refractivity contribution in [3.05, 3.63) is 47.7 Å². The van der Waals surface area contributed by atoms with Crippen LogP contribution < -0.4 is 10.6 Å². The zero-order valence-corrected chi connectivity index (χ0v) is 11.4. The molecule has 2 aromatic heterocycles. The van der Waals surface area contributed by atoms with E-state index in [1.165, 1.54) is 25.5 Å². The Labute approximate surface area is 120 Å². The molecule has 2 rings (SSSR count). The number of aromatic amines is 1. The highest BCUT2D eigenvalue weighted by atomic mass is 16.3. The summed E-state index contributed by atoms with van der Waals surface area (Å²) in [4.78, 5) is 37.1. The van der Waals surface area contributed by atoms with E-state index in [0.29, 0.717) is 11.3 Å². The molecule has 0 aliphatic heterocycles. The second-order valence-corrected chi connectivity index (χ2v) is 4.40. The van der Waals surface area contributed by atoms with E-state index in [4.69, 9.17) is 4.42 Å². The van der Waals surface area contributed by atoms with Gasteiger partial charge < -0.3 is 20.0 Å². The number of rotatable bonds is 6. The lowest BCUT2D eigenvalue weighted by Gasteiger charge is -2.04. The highest BCUT2D eigenvalue weighted by Gasteiger charge is 2.11. The van der Waals surface area contributed by atoms with Crippen LogP contribution in [0.25, 0.3) is 0 Å². The summed E-state index contributed by atoms with van der Waals surface area (Å²) in [5.41, 5.74) is 0.654. The number of amides is 2. The number of hydrogen-bond acceptors (Lipinski definition) is 4. The van der Waals surface area contributed by atoms with Crippen LogP contribution in [0.1, 0.15) is 33.5 Å². The van der Waals surface area contributed by atoms with E-state index >= 15 is 0 Å². The Morgan fingerprint density at radius 1 is 1.29 bits per heavy atom. The van der Waals surface area contributed by atoms with Gasteiger partial charge in [-0.05, 0) is 25.1 Å². The van der Waals surface area contributed by atoms with Crippen molar-refractivity contribution in [3.63, 3.8) is 0 Å². The molecule has 7 nitrogen and oxygen atoms in total. The molecule has 0 saturated carbocycles. The molecule has 21 heavy (non-hydrogen) atoms. The van der Waals surface area contributed by atoms with E-state index in [9.17, 15) is 14.4 Å². The zero-order chi connectivity index (χ0) is 15.2. The molecular weight excluding hydrogens is 274 g/mol. The van der Waals surface area contributed by atoms with Crippen molar-refractivity contribution < 1.29 is 18.8 Å². The predicted octanol–water partition coefficient (Wildman–Crippen LogP) is 0.856. The van der Waals surface area contributed by atoms with Gasteiger partial charge in [0.2, 0.25) is 5.91 Å². The lowest BCUT2D eigenvalue weighted by Crippen LogP contribution is -2.36. The minimum atomic E-state index is -0.448. The number of H-pyrrole nitrogens is 1. The van der Waals surface area contributed by atoms with Gasteiger partial charge in [0.1, 0.15) is 11.5 Å². The second kappa shape index (κ2) is 6.56. The van der Waals surface area contributed by atoms with Crippen LogP contribution in [-0.2, 0) is 11.3 Å². The maximum atomic E-state index is 11.8. The van der Waals surface area contributed by atoms with Crippen LogP contribution in [0.5, 0.6) is 0 Å². The Balaban J connectivity index is 1.77. The Kier molecular flexibility index (Phi) is 4.55. The quantitative estimate of drug-likeness (QED) is 0.686. The van der Waals surface area contributed by atoms with Crippen molar-refractivity contribution in [3.8, 4) is 0 Å². The molecule has 0 unspecified atom stereocenters. The van der Waals surface area contributed by atoms with Crippen LogP contribution >= 0.6 is 0 Å². The third kappa shape index (κ3) is 4.07. The molecule has 0 saturated heterocycles. The first kappa shape index (κ1) is 14.6. The van der Waals surface area contributed by atoms with Gasteiger partial charge in [0.25, 0.3) is 5.91 Å². The largest absolute Gasteiger partial charge is 0.467 e. The standard InChI is InChI=1S/C14H15N3O4/c1-9(18)10-5-12(15-6-10)14(20)17-8-13(19)16-7-11-3-2-4-21-11/h2-6,15H,7-8H2,1H3,(H,16,19)(H,17,20). The summed E-state index contributed by atoms with van der Waals surface area (Å²) in [5, 5.41) is 5.06. The molecule has 2 heterocycles. The number of carbonyl (C=O) groups is 3. The summed E-state index contributed by atoms with van der Waals surface area (Å²) < 4.78 is 5.06. The summed E-state index contributed by atoms with van der Waals surface area (Å²) in [6, 6.07) is 4.90. The van der Waals surface area contributed by atoms with E-state index in [1.807, 2.05) is 0 Å². The van der Waals surface area contributed by atoms with Gasteiger partial charge in [0, 0.05) is 11.8 Å². The molecule has 2 aromatic rings. The Morgan fingerprint density at radius 2 is 2.10 bits per heavy atom. The lowest BCUT2D eigenvalue weighted by atomic mass is 10.2. The third-order valence-corrected chi connectivity index (χ3v) is 2.78. The summed E-state index contributed by atoms with van der Waals surface area (Å²) >= 11 is 0. The Bertz CT molecular complexity index is 643. The Morgan fingerprint density at radius 3 is 2.71 bits per heavy atom. The number of hydrogen-bond donors (Lipinski definition) is 3. The molecule has 0 spiro atoms. The van der Waals surface area contributed by atoms with Crippen LogP contribution in [0.4, 0.5) is 0 Å². The number of aromatic nitrogens is 1. The van der Waals surface area contributed by atoms with Crippen molar-refractivity contribution in [2.24, 2.45) is 0 Å². The minimum Gasteiger partial charge on any atom is -0.467 e. The maximum absolute atomic E-state index is 11.8. The van der Waals surface area contributed by atoms with Crippen LogP contribution in [0.3, 0.4) is 0 Å². The van der Waals surface area contributed by atoms with E-state index < -0.39 is 5.91 Å². The van der Waals surface area contributed by atoms with Crippen LogP contribution in [0.2, 0.25) is 0 Å². The number of ketones is 1. The van der Waals surface area contributed by atoms with E-state index in [2.05, 4.69) is 15.6 Å². The first-order chi connectivity index (χ1) is 10.1. The Hall–Kier alpha value is -2.83. The lowest BCUT2D eigenvalue weighted by molar-refractivity contribution is -0.120. The fourth-order valence-electron chi connectivity index (χ4n) is 1.65. The van der Waals surface area contributed by atoms with Gasteiger partial charge in [-0.3, -0.25) is 14.4 Å². The smallest absolute Gasteiger partial charge is 0.268 e. The van der Waals surface area contributed by atoms with Crippen molar-refractivity contribution in [1.82, 2.24) is 15.6 Å². The van der Waals surface area contributed by atoms with Gasteiger partial charge in [-0.1, -0.05) is 0 Å². The predicted molar refractivity (Wildman–Crippen MR) is 73.7 cm³/mol. The van der Waals surface area contributed by atoms with Gasteiger partial charge >= 0.3 is 0 Å². The highest BCUT2D eigenvalue weighted by Crippen LogP contribution is 2.04. The van der Waals surface area contributed by atoms with Crippen molar-refractivity contribution in [2.45, 2.75) is 13.5 Å². The van der Waals surface area contributed by atoms with Gasteiger partial charge in [-0.2, -0.15) is 0 Å². The number of nitrogens with one attached hydrogen (secondary N) is 3. The molecule has 0 atom stereocenters. The zero-order valence-electron chi connectivity index (χ0n) is 11.4. The van der Waals surface area contributed by atoms with E-state index in [1.54, 1.807) is 12.1 Å². The van der Waals surface area contributed by atoms with E-state index in [-0.39, 0.29) is 30.5 Å². The molecule has 0 bridgehead atoms. The summed E-state index contributed by atoms with van der Waals surface area (Å²) in [7, 11) is 0. The fraction of sp³-hybridized carbons (Fsp3) is 0.214. The van der Waals surface area contributed by atoms with Crippen LogP contribution in [-0.4, -0.2) is 29.1 Å². The number of furan rings is 1. The fourth-order valence-corrected chi connectivity index (χ4v) is 1.65. The van der Waals surface area contributed by atoms with Gasteiger partial charge in [0.15, 0.2) is 5.78 Å². The summed E-state index contributed by atoms with van der Waals surface area (Å²) in [6.45, 7) is 1.51. The van der Waals surface area contributed by atoms with Gasteiger partial charge in [0.05, 0.1) is 19.4 Å². The minimum absolute atomic E-state index is 0.138. The highest BCUT2D eigenvalue weighted by molar-refractivity contribution is 5.99. The molecule has 0 aliphatic carbocycles. The maximum Gasteiger partial charge on any atom is 0.268 e. The molecule has 0 aromatic carbocycles. The topological polar surface area (TPSA) is 104 Å². The average Bonchev–Trinajstić information content (AvgIpc) is 3.12. The van der Waals surface area contributed by atoms with Gasteiger partial charge in [-0.15, -0.1) is 0 Å². The van der Waals surface area contributed by atoms with E-state index in [0.717, 1.165) is 0 Å². The molecule has 7 heteroatoms. The molecular formula is C14H15N3O4. The number of Topliss-reactive ketones (excluding diaryl/α,β-unsaturated/α-hetero) is 1.